The van der Waals surface area contributed by atoms with Gasteiger partial charge in [0.05, 0.1) is 18.5 Å². The lowest BCUT2D eigenvalue weighted by Crippen LogP contribution is -2.31. The van der Waals surface area contributed by atoms with Crippen molar-refractivity contribution in [1.29, 1.82) is 0 Å². The first kappa shape index (κ1) is 21.9. The highest BCUT2D eigenvalue weighted by Gasteiger charge is 2.16. The summed E-state index contributed by atoms with van der Waals surface area (Å²) in [6, 6.07) is 22.0. The molecule has 0 N–H and O–H groups in total. The zero-order chi connectivity index (χ0) is 23.3. The van der Waals surface area contributed by atoms with Crippen molar-refractivity contribution in [2.45, 2.75) is 19.9 Å². The average Bonchev–Trinajstić information content (AvgIpc) is 3.60. The van der Waals surface area contributed by atoms with E-state index in [2.05, 4.69) is 47.2 Å². The molecule has 170 valence electrons. The molecule has 0 aliphatic carbocycles. The average molecular weight is 468 g/mol. The molecule has 5 aromatic rings. The van der Waals surface area contributed by atoms with Gasteiger partial charge in [-0.25, -0.2) is 4.98 Å². The zero-order valence-corrected chi connectivity index (χ0v) is 19.7. The first-order chi connectivity index (χ1) is 16.7. The van der Waals surface area contributed by atoms with Crippen LogP contribution < -0.4 is 0 Å². The second-order valence-electron chi connectivity index (χ2n) is 8.20. The normalized spacial score (nSPS) is 11.4. The van der Waals surface area contributed by atoms with Gasteiger partial charge in [-0.2, -0.15) is 0 Å². The molecule has 0 fully saturated rings. The standard InChI is InChI=1S/C28H25N3O2S/c1-21-9-12-23(13-10-21)26-19-31-24(20-34-28(31)29-26)15-16-30(18-25-8-5-17-33-25)27(32)14-11-22-6-3-2-4-7-22/h2-14,17,19-20H,15-16,18H2,1H3. The molecule has 34 heavy (non-hydrogen) atoms. The molecule has 0 aliphatic heterocycles. The Morgan fingerprint density at radius 3 is 2.68 bits per heavy atom. The fraction of sp³-hybridized carbons (Fsp3) is 0.143. The van der Waals surface area contributed by atoms with E-state index in [1.165, 1.54) is 5.56 Å². The predicted octanol–water partition coefficient (Wildman–Crippen LogP) is 6.25. The van der Waals surface area contributed by atoms with Gasteiger partial charge in [-0.3, -0.25) is 9.20 Å². The number of carbonyl (C=O) groups excluding carboxylic acids is 1. The molecular weight excluding hydrogens is 442 g/mol. The van der Waals surface area contributed by atoms with Crippen LogP contribution in [-0.2, 0) is 17.8 Å². The number of nitrogens with zero attached hydrogens (tertiary/aromatic N) is 3. The van der Waals surface area contributed by atoms with Crippen molar-refractivity contribution in [1.82, 2.24) is 14.3 Å². The van der Waals surface area contributed by atoms with Crippen molar-refractivity contribution < 1.29 is 9.21 Å². The highest BCUT2D eigenvalue weighted by Crippen LogP contribution is 2.24. The minimum absolute atomic E-state index is 0.0438. The van der Waals surface area contributed by atoms with Crippen LogP contribution in [0.25, 0.3) is 22.3 Å². The van der Waals surface area contributed by atoms with Crippen LogP contribution in [0.3, 0.4) is 0 Å². The Balaban J connectivity index is 1.33. The number of thiazole rings is 1. The number of carbonyl (C=O) groups is 1. The highest BCUT2D eigenvalue weighted by atomic mass is 32.1. The number of fused-ring (bicyclic) bond motifs is 1. The summed E-state index contributed by atoms with van der Waals surface area (Å²) in [4.78, 5) is 20.6. The Morgan fingerprint density at radius 1 is 1.09 bits per heavy atom. The van der Waals surface area contributed by atoms with E-state index in [0.717, 1.165) is 39.7 Å². The molecule has 2 aromatic carbocycles. The van der Waals surface area contributed by atoms with E-state index in [1.54, 1.807) is 23.7 Å². The van der Waals surface area contributed by atoms with Crippen molar-refractivity contribution >= 4 is 28.3 Å². The first-order valence-electron chi connectivity index (χ1n) is 11.2. The third kappa shape index (κ3) is 5.02. The third-order valence-corrected chi connectivity index (χ3v) is 6.61. The predicted molar refractivity (Wildman–Crippen MR) is 137 cm³/mol. The molecule has 0 atom stereocenters. The minimum atomic E-state index is -0.0438. The van der Waals surface area contributed by atoms with Crippen LogP contribution in [0.2, 0.25) is 0 Å². The van der Waals surface area contributed by atoms with Crippen LogP contribution in [0.4, 0.5) is 0 Å². The molecular formula is C28H25N3O2S. The summed E-state index contributed by atoms with van der Waals surface area (Å²) in [5.41, 5.74) is 5.43. The van der Waals surface area contributed by atoms with E-state index in [9.17, 15) is 4.79 Å². The van der Waals surface area contributed by atoms with Crippen LogP contribution in [0, 0.1) is 6.92 Å². The number of furan rings is 1. The maximum absolute atomic E-state index is 13.1. The summed E-state index contributed by atoms with van der Waals surface area (Å²) in [7, 11) is 0. The van der Waals surface area contributed by atoms with Crippen LogP contribution >= 0.6 is 11.3 Å². The van der Waals surface area contributed by atoms with E-state index in [1.807, 2.05) is 53.4 Å². The van der Waals surface area contributed by atoms with Gasteiger partial charge in [-0.15, -0.1) is 11.3 Å². The van der Waals surface area contributed by atoms with Crippen LogP contribution in [0.5, 0.6) is 0 Å². The third-order valence-electron chi connectivity index (χ3n) is 5.72. The van der Waals surface area contributed by atoms with E-state index in [4.69, 9.17) is 9.40 Å². The largest absolute Gasteiger partial charge is 0.467 e. The summed E-state index contributed by atoms with van der Waals surface area (Å²) in [6.07, 6.45) is 7.92. The van der Waals surface area contributed by atoms with Gasteiger partial charge < -0.3 is 9.32 Å². The lowest BCUT2D eigenvalue weighted by molar-refractivity contribution is -0.126. The van der Waals surface area contributed by atoms with Crippen molar-refractivity contribution in [3.8, 4) is 11.3 Å². The molecule has 3 heterocycles. The maximum Gasteiger partial charge on any atom is 0.246 e. The number of hydrogen-bond donors (Lipinski definition) is 0. The summed E-state index contributed by atoms with van der Waals surface area (Å²) in [5, 5.41) is 2.12. The number of aryl methyl sites for hydroxylation is 1. The molecule has 1 amide bonds. The van der Waals surface area contributed by atoms with Gasteiger partial charge >= 0.3 is 0 Å². The van der Waals surface area contributed by atoms with Crippen molar-refractivity contribution in [2.24, 2.45) is 0 Å². The lowest BCUT2D eigenvalue weighted by Gasteiger charge is -2.20. The minimum Gasteiger partial charge on any atom is -0.467 e. The Kier molecular flexibility index (Phi) is 6.40. The van der Waals surface area contributed by atoms with Gasteiger partial charge in [0.1, 0.15) is 5.76 Å². The van der Waals surface area contributed by atoms with E-state index < -0.39 is 0 Å². The Bertz CT molecular complexity index is 1400. The van der Waals surface area contributed by atoms with Gasteiger partial charge in [0, 0.05) is 41.9 Å². The van der Waals surface area contributed by atoms with Crippen molar-refractivity contribution in [3.63, 3.8) is 0 Å². The molecule has 3 aromatic heterocycles. The van der Waals surface area contributed by atoms with E-state index in [-0.39, 0.29) is 5.91 Å². The first-order valence-corrected chi connectivity index (χ1v) is 12.1. The molecule has 0 saturated heterocycles. The highest BCUT2D eigenvalue weighted by molar-refractivity contribution is 7.15. The molecule has 5 nitrogen and oxygen atoms in total. The van der Waals surface area contributed by atoms with Crippen LogP contribution in [0.1, 0.15) is 22.6 Å². The molecule has 0 spiro atoms. The number of hydrogen-bond acceptors (Lipinski definition) is 4. The van der Waals surface area contributed by atoms with Gasteiger partial charge in [-0.1, -0.05) is 60.2 Å². The molecule has 0 radical (unpaired) electrons. The Hall–Kier alpha value is -3.90. The summed E-state index contributed by atoms with van der Waals surface area (Å²) in [5.74, 6) is 0.721. The van der Waals surface area contributed by atoms with Gasteiger partial charge in [0.2, 0.25) is 5.91 Å². The fourth-order valence-electron chi connectivity index (χ4n) is 3.82. The molecule has 0 bridgehead atoms. The summed E-state index contributed by atoms with van der Waals surface area (Å²) >= 11 is 1.62. The fourth-order valence-corrected chi connectivity index (χ4v) is 4.72. The number of benzene rings is 2. The molecule has 0 aliphatic rings. The van der Waals surface area contributed by atoms with Gasteiger partial charge in [-0.05, 0) is 30.7 Å². The van der Waals surface area contributed by atoms with E-state index >= 15 is 0 Å². The second kappa shape index (κ2) is 9.93. The van der Waals surface area contributed by atoms with E-state index in [0.29, 0.717) is 13.1 Å². The lowest BCUT2D eigenvalue weighted by atomic mass is 10.1. The number of rotatable bonds is 8. The molecule has 6 heteroatoms. The molecule has 0 unspecified atom stereocenters. The van der Waals surface area contributed by atoms with Gasteiger partial charge in [0.25, 0.3) is 0 Å². The van der Waals surface area contributed by atoms with Crippen molar-refractivity contribution in [3.05, 3.63) is 113 Å². The smallest absolute Gasteiger partial charge is 0.246 e. The van der Waals surface area contributed by atoms with Crippen LogP contribution in [0.15, 0.2) is 95.1 Å². The Labute approximate surface area is 202 Å². The number of amides is 1. The van der Waals surface area contributed by atoms with Crippen LogP contribution in [-0.4, -0.2) is 26.7 Å². The molecule has 5 rings (SSSR count). The molecule has 0 saturated carbocycles. The zero-order valence-electron chi connectivity index (χ0n) is 18.9. The number of imidazole rings is 1. The second-order valence-corrected chi connectivity index (χ2v) is 9.04. The maximum atomic E-state index is 13.1. The van der Waals surface area contributed by atoms with Gasteiger partial charge in [0.15, 0.2) is 4.96 Å². The summed E-state index contributed by atoms with van der Waals surface area (Å²) < 4.78 is 7.65. The quantitative estimate of drug-likeness (QED) is 0.254. The Morgan fingerprint density at radius 2 is 1.91 bits per heavy atom. The SMILES string of the molecule is Cc1ccc(-c2cn3c(CCN(Cc4ccco4)C(=O)C=Cc4ccccc4)csc3n2)cc1. The topological polar surface area (TPSA) is 50.8 Å². The monoisotopic (exact) mass is 467 g/mol. The number of aromatic nitrogens is 2. The van der Waals surface area contributed by atoms with Crippen molar-refractivity contribution in [2.75, 3.05) is 6.54 Å². The summed E-state index contributed by atoms with van der Waals surface area (Å²) in [6.45, 7) is 3.08.